The quantitative estimate of drug-likeness (QED) is 0.808. The fourth-order valence-corrected chi connectivity index (χ4v) is 1.42. The highest BCUT2D eigenvalue weighted by Gasteiger charge is 2.09. The Morgan fingerprint density at radius 1 is 1.39 bits per heavy atom. The highest BCUT2D eigenvalue weighted by atomic mass is 16.2. The van der Waals surface area contributed by atoms with Crippen LogP contribution < -0.4 is 11.1 Å². The van der Waals surface area contributed by atoms with Gasteiger partial charge in [0.15, 0.2) is 0 Å². The van der Waals surface area contributed by atoms with Gasteiger partial charge in [-0.1, -0.05) is 12.1 Å². The first kappa shape index (κ1) is 14.2. The number of carbonyl (C=O) groups excluding carboxylic acids is 2. The molecule has 0 saturated carbocycles. The van der Waals surface area contributed by atoms with Crippen molar-refractivity contribution in [1.29, 1.82) is 0 Å². The van der Waals surface area contributed by atoms with Crippen molar-refractivity contribution >= 4 is 11.8 Å². The Hall–Kier alpha value is -1.88. The van der Waals surface area contributed by atoms with E-state index in [1.54, 1.807) is 39.2 Å². The summed E-state index contributed by atoms with van der Waals surface area (Å²) in [4.78, 5) is 24.6. The average molecular weight is 249 g/mol. The van der Waals surface area contributed by atoms with Crippen LogP contribution in [0.3, 0.4) is 0 Å². The van der Waals surface area contributed by atoms with E-state index in [4.69, 9.17) is 5.73 Å². The maximum Gasteiger partial charge on any atom is 0.253 e. The third-order valence-electron chi connectivity index (χ3n) is 2.46. The SMILES string of the molecule is C[C@@H](N)C(=O)NCc1cccc(C(=O)N(C)C)c1. The molecule has 5 heteroatoms. The van der Waals surface area contributed by atoms with Gasteiger partial charge in [0.1, 0.15) is 0 Å². The van der Waals surface area contributed by atoms with Crippen molar-refractivity contribution in [2.75, 3.05) is 14.1 Å². The number of nitrogens with zero attached hydrogens (tertiary/aromatic N) is 1. The van der Waals surface area contributed by atoms with Crippen molar-refractivity contribution in [3.63, 3.8) is 0 Å². The zero-order chi connectivity index (χ0) is 13.7. The maximum atomic E-state index is 11.8. The van der Waals surface area contributed by atoms with Crippen molar-refractivity contribution in [3.05, 3.63) is 35.4 Å². The minimum Gasteiger partial charge on any atom is -0.351 e. The van der Waals surface area contributed by atoms with E-state index in [0.717, 1.165) is 5.56 Å². The Balaban J connectivity index is 2.71. The van der Waals surface area contributed by atoms with Crippen LogP contribution in [0.25, 0.3) is 0 Å². The molecule has 1 aromatic rings. The summed E-state index contributed by atoms with van der Waals surface area (Å²) in [6, 6.07) is 6.64. The van der Waals surface area contributed by atoms with Crippen LogP contribution in [-0.2, 0) is 11.3 Å². The molecule has 0 fully saturated rings. The Morgan fingerprint density at radius 2 is 2.06 bits per heavy atom. The number of hydrogen-bond donors (Lipinski definition) is 2. The van der Waals surface area contributed by atoms with Gasteiger partial charge in [0.05, 0.1) is 6.04 Å². The lowest BCUT2D eigenvalue weighted by molar-refractivity contribution is -0.122. The Bertz CT molecular complexity index is 442. The molecule has 98 valence electrons. The molecule has 0 heterocycles. The van der Waals surface area contributed by atoms with Gasteiger partial charge >= 0.3 is 0 Å². The van der Waals surface area contributed by atoms with Gasteiger partial charge < -0.3 is 16.0 Å². The van der Waals surface area contributed by atoms with Gasteiger partial charge in [-0.3, -0.25) is 9.59 Å². The molecule has 1 aromatic carbocycles. The lowest BCUT2D eigenvalue weighted by atomic mass is 10.1. The van der Waals surface area contributed by atoms with E-state index in [2.05, 4.69) is 5.32 Å². The Morgan fingerprint density at radius 3 is 2.61 bits per heavy atom. The average Bonchev–Trinajstić information content (AvgIpc) is 2.35. The largest absolute Gasteiger partial charge is 0.351 e. The third-order valence-corrected chi connectivity index (χ3v) is 2.46. The summed E-state index contributed by atoms with van der Waals surface area (Å²) in [6.45, 7) is 2.00. The standard InChI is InChI=1S/C13H19N3O2/c1-9(14)12(17)15-8-10-5-4-6-11(7-10)13(18)16(2)3/h4-7,9H,8,14H2,1-3H3,(H,15,17)/t9-/m1/s1. The molecule has 5 nitrogen and oxygen atoms in total. The van der Waals surface area contributed by atoms with E-state index in [9.17, 15) is 9.59 Å². The highest BCUT2D eigenvalue weighted by Crippen LogP contribution is 2.07. The first-order chi connectivity index (χ1) is 8.41. The van der Waals surface area contributed by atoms with Gasteiger partial charge in [-0.15, -0.1) is 0 Å². The molecule has 0 aromatic heterocycles. The highest BCUT2D eigenvalue weighted by molar-refractivity contribution is 5.94. The summed E-state index contributed by atoms with van der Waals surface area (Å²) < 4.78 is 0. The second-order valence-electron chi connectivity index (χ2n) is 4.41. The summed E-state index contributed by atoms with van der Waals surface area (Å²) in [5.74, 6) is -0.269. The fourth-order valence-electron chi connectivity index (χ4n) is 1.42. The molecule has 2 amide bonds. The van der Waals surface area contributed by atoms with Crippen LogP contribution in [0.4, 0.5) is 0 Å². The van der Waals surface area contributed by atoms with Gasteiger partial charge in [0, 0.05) is 26.2 Å². The van der Waals surface area contributed by atoms with Crippen molar-refractivity contribution in [2.45, 2.75) is 19.5 Å². The van der Waals surface area contributed by atoms with Crippen molar-refractivity contribution in [2.24, 2.45) is 5.73 Å². The second kappa shape index (κ2) is 6.16. The lowest BCUT2D eigenvalue weighted by Gasteiger charge is -2.12. The van der Waals surface area contributed by atoms with Crippen LogP contribution in [0.15, 0.2) is 24.3 Å². The molecule has 1 atom stereocenters. The molecule has 0 unspecified atom stereocenters. The number of carbonyl (C=O) groups is 2. The molecule has 0 aliphatic rings. The maximum absolute atomic E-state index is 11.8. The molecule has 3 N–H and O–H groups in total. The Kier molecular flexibility index (Phi) is 4.85. The molecule has 0 aliphatic carbocycles. The van der Waals surface area contributed by atoms with Crippen LogP contribution in [-0.4, -0.2) is 36.9 Å². The zero-order valence-corrected chi connectivity index (χ0v) is 10.9. The molecule has 0 saturated heterocycles. The van der Waals surface area contributed by atoms with E-state index in [0.29, 0.717) is 12.1 Å². The lowest BCUT2D eigenvalue weighted by Crippen LogP contribution is -2.37. The number of nitrogens with two attached hydrogens (primary N) is 1. The predicted molar refractivity (Wildman–Crippen MR) is 70.0 cm³/mol. The fraction of sp³-hybridized carbons (Fsp3) is 0.385. The number of nitrogens with one attached hydrogen (secondary N) is 1. The van der Waals surface area contributed by atoms with Crippen LogP contribution in [0.5, 0.6) is 0 Å². The first-order valence-electron chi connectivity index (χ1n) is 5.75. The van der Waals surface area contributed by atoms with E-state index in [-0.39, 0.29) is 11.8 Å². The van der Waals surface area contributed by atoms with Crippen molar-refractivity contribution in [3.8, 4) is 0 Å². The minimum absolute atomic E-state index is 0.0598. The molecular weight excluding hydrogens is 230 g/mol. The van der Waals surface area contributed by atoms with Gasteiger partial charge in [-0.05, 0) is 24.6 Å². The molecule has 0 aliphatic heterocycles. The van der Waals surface area contributed by atoms with Crippen LogP contribution in [0, 0.1) is 0 Å². The second-order valence-corrected chi connectivity index (χ2v) is 4.41. The molecule has 0 radical (unpaired) electrons. The number of amides is 2. The molecule has 0 bridgehead atoms. The van der Waals surface area contributed by atoms with Crippen LogP contribution in [0.1, 0.15) is 22.8 Å². The summed E-state index contributed by atoms with van der Waals surface area (Å²) in [7, 11) is 3.40. The summed E-state index contributed by atoms with van der Waals surface area (Å²) >= 11 is 0. The molecule has 18 heavy (non-hydrogen) atoms. The van der Waals surface area contributed by atoms with Gasteiger partial charge in [0.2, 0.25) is 5.91 Å². The molecular formula is C13H19N3O2. The zero-order valence-electron chi connectivity index (χ0n) is 10.9. The van der Waals surface area contributed by atoms with Crippen LogP contribution >= 0.6 is 0 Å². The monoisotopic (exact) mass is 249 g/mol. The smallest absolute Gasteiger partial charge is 0.253 e. The number of rotatable bonds is 4. The van der Waals surface area contributed by atoms with E-state index >= 15 is 0 Å². The van der Waals surface area contributed by atoms with E-state index in [1.165, 1.54) is 4.90 Å². The summed E-state index contributed by atoms with van der Waals surface area (Å²) in [5, 5.41) is 2.70. The third kappa shape index (κ3) is 3.85. The van der Waals surface area contributed by atoms with E-state index < -0.39 is 6.04 Å². The number of hydrogen-bond acceptors (Lipinski definition) is 3. The summed E-state index contributed by atoms with van der Waals surface area (Å²) in [5.41, 5.74) is 6.92. The topological polar surface area (TPSA) is 75.4 Å². The normalized spacial score (nSPS) is 11.8. The van der Waals surface area contributed by atoms with Gasteiger partial charge in [-0.2, -0.15) is 0 Å². The van der Waals surface area contributed by atoms with Crippen molar-refractivity contribution in [1.82, 2.24) is 10.2 Å². The molecule has 0 spiro atoms. The van der Waals surface area contributed by atoms with Gasteiger partial charge in [-0.25, -0.2) is 0 Å². The van der Waals surface area contributed by atoms with Gasteiger partial charge in [0.25, 0.3) is 5.91 Å². The Labute approximate surface area is 107 Å². The minimum atomic E-state index is -0.531. The molecule has 1 rings (SSSR count). The predicted octanol–water partition coefficient (Wildman–Crippen LogP) is 0.352. The van der Waals surface area contributed by atoms with Crippen molar-refractivity contribution < 1.29 is 9.59 Å². The summed E-state index contributed by atoms with van der Waals surface area (Å²) in [6.07, 6.45) is 0. The van der Waals surface area contributed by atoms with E-state index in [1.807, 2.05) is 6.07 Å². The van der Waals surface area contributed by atoms with Crippen LogP contribution in [0.2, 0.25) is 0 Å². The first-order valence-corrected chi connectivity index (χ1v) is 5.75. The number of benzene rings is 1.